The molecule has 1 rings (SSSR count). The summed E-state index contributed by atoms with van der Waals surface area (Å²) >= 11 is 5.52. The first-order valence-corrected chi connectivity index (χ1v) is 7.76. The van der Waals surface area contributed by atoms with Gasteiger partial charge >= 0.3 is 6.18 Å². The lowest BCUT2D eigenvalue weighted by Gasteiger charge is -2.15. The molecule has 0 aliphatic rings. The standard InChI is InChI=1S/C15H19ClF3N3O2/c1-3-6-20-13(23)8-22(2)9-14(24)21-10-4-5-12(16)11(7-10)15(17,18)19/h4-5,7H,3,6,8-9H2,1-2H3,(H,20,23)(H,21,24)/p+1. The number of rotatable bonds is 7. The Bertz CT molecular complexity index is 594. The molecule has 0 aromatic heterocycles. The molecule has 0 saturated heterocycles. The van der Waals surface area contributed by atoms with E-state index in [2.05, 4.69) is 10.6 Å². The van der Waals surface area contributed by atoms with Crippen molar-refractivity contribution in [1.82, 2.24) is 5.32 Å². The van der Waals surface area contributed by atoms with Crippen LogP contribution in [0.2, 0.25) is 5.02 Å². The molecule has 0 radical (unpaired) electrons. The monoisotopic (exact) mass is 366 g/mol. The Hall–Kier alpha value is -1.80. The van der Waals surface area contributed by atoms with Crippen LogP contribution in [0.15, 0.2) is 18.2 Å². The highest BCUT2D eigenvalue weighted by atomic mass is 35.5. The lowest BCUT2D eigenvalue weighted by Crippen LogP contribution is -3.11. The number of carbonyl (C=O) groups excluding carboxylic acids is 2. The Morgan fingerprint density at radius 2 is 1.83 bits per heavy atom. The number of likely N-dealkylation sites (N-methyl/N-ethyl adjacent to an activating group) is 1. The van der Waals surface area contributed by atoms with Gasteiger partial charge in [0.15, 0.2) is 13.1 Å². The van der Waals surface area contributed by atoms with E-state index in [0.29, 0.717) is 11.4 Å². The van der Waals surface area contributed by atoms with Gasteiger partial charge in [-0.05, 0) is 24.6 Å². The van der Waals surface area contributed by atoms with Crippen LogP contribution in [0.4, 0.5) is 18.9 Å². The number of alkyl halides is 3. The van der Waals surface area contributed by atoms with Gasteiger partial charge in [-0.25, -0.2) is 0 Å². The molecule has 0 bridgehead atoms. The van der Waals surface area contributed by atoms with Crippen LogP contribution >= 0.6 is 11.6 Å². The van der Waals surface area contributed by atoms with Gasteiger partial charge in [-0.2, -0.15) is 13.2 Å². The number of nitrogens with one attached hydrogen (secondary N) is 3. The lowest BCUT2D eigenvalue weighted by molar-refractivity contribution is -0.862. The first-order chi connectivity index (χ1) is 11.1. The molecule has 5 nitrogen and oxygen atoms in total. The first-order valence-electron chi connectivity index (χ1n) is 7.38. The minimum Gasteiger partial charge on any atom is -0.351 e. The van der Waals surface area contributed by atoms with Gasteiger partial charge in [-0.3, -0.25) is 9.59 Å². The third-order valence-corrected chi connectivity index (χ3v) is 3.38. The minimum atomic E-state index is -4.60. The van der Waals surface area contributed by atoms with Crippen LogP contribution in [-0.4, -0.2) is 38.5 Å². The van der Waals surface area contributed by atoms with Gasteiger partial charge in [-0.15, -0.1) is 0 Å². The van der Waals surface area contributed by atoms with Crippen LogP contribution in [0.25, 0.3) is 0 Å². The smallest absolute Gasteiger partial charge is 0.351 e. The molecule has 24 heavy (non-hydrogen) atoms. The minimum absolute atomic E-state index is 0.0000375. The van der Waals surface area contributed by atoms with E-state index in [9.17, 15) is 22.8 Å². The first kappa shape index (κ1) is 20.2. The van der Waals surface area contributed by atoms with Gasteiger partial charge in [0.05, 0.1) is 17.6 Å². The van der Waals surface area contributed by atoms with Crippen LogP contribution in [0.1, 0.15) is 18.9 Å². The summed E-state index contributed by atoms with van der Waals surface area (Å²) in [6.07, 6.45) is -3.79. The zero-order chi connectivity index (χ0) is 18.3. The molecule has 9 heteroatoms. The number of amides is 2. The van der Waals surface area contributed by atoms with Gasteiger partial charge in [0.25, 0.3) is 11.8 Å². The maximum atomic E-state index is 12.8. The van der Waals surface area contributed by atoms with Crippen molar-refractivity contribution in [2.24, 2.45) is 0 Å². The van der Waals surface area contributed by atoms with Crippen molar-refractivity contribution >= 4 is 29.1 Å². The van der Waals surface area contributed by atoms with E-state index in [1.807, 2.05) is 6.92 Å². The average Bonchev–Trinajstić information content (AvgIpc) is 2.45. The number of hydrogen-bond acceptors (Lipinski definition) is 2. The van der Waals surface area contributed by atoms with Crippen LogP contribution in [0, 0.1) is 0 Å². The van der Waals surface area contributed by atoms with E-state index in [1.165, 1.54) is 6.07 Å². The van der Waals surface area contributed by atoms with Crippen LogP contribution < -0.4 is 15.5 Å². The van der Waals surface area contributed by atoms with Crippen molar-refractivity contribution in [3.63, 3.8) is 0 Å². The summed E-state index contributed by atoms with van der Waals surface area (Å²) in [5.41, 5.74) is -1.01. The highest BCUT2D eigenvalue weighted by molar-refractivity contribution is 6.31. The molecular formula is C15H20ClF3N3O2+. The molecule has 1 atom stereocenters. The Balaban J connectivity index is 2.61. The van der Waals surface area contributed by atoms with Gasteiger partial charge in [0.1, 0.15) is 0 Å². The molecule has 2 amide bonds. The second-order valence-electron chi connectivity index (χ2n) is 5.40. The summed E-state index contributed by atoms with van der Waals surface area (Å²) in [7, 11) is 1.65. The Kier molecular flexibility index (Phi) is 7.50. The predicted octanol–water partition coefficient (Wildman–Crippen LogP) is 1.34. The third-order valence-electron chi connectivity index (χ3n) is 3.05. The van der Waals surface area contributed by atoms with Crippen molar-refractivity contribution in [2.75, 3.05) is 32.0 Å². The molecule has 0 aliphatic heterocycles. The van der Waals surface area contributed by atoms with E-state index < -0.39 is 22.7 Å². The molecule has 0 aliphatic carbocycles. The molecule has 3 N–H and O–H groups in total. The van der Waals surface area contributed by atoms with Crippen LogP contribution in [-0.2, 0) is 15.8 Å². The highest BCUT2D eigenvalue weighted by Gasteiger charge is 2.33. The molecule has 0 fully saturated rings. The average molecular weight is 367 g/mol. The maximum Gasteiger partial charge on any atom is 0.417 e. The number of anilines is 1. The molecule has 1 unspecified atom stereocenters. The van der Waals surface area contributed by atoms with Crippen molar-refractivity contribution in [2.45, 2.75) is 19.5 Å². The quantitative estimate of drug-likeness (QED) is 0.682. The van der Waals surface area contributed by atoms with E-state index in [-0.39, 0.29) is 24.7 Å². The maximum absolute atomic E-state index is 12.8. The molecule has 134 valence electrons. The number of quaternary nitrogens is 1. The lowest BCUT2D eigenvalue weighted by atomic mass is 10.2. The van der Waals surface area contributed by atoms with Gasteiger partial charge in [0, 0.05) is 12.2 Å². The molecule has 0 heterocycles. The summed E-state index contributed by atoms with van der Waals surface area (Å²) in [6, 6.07) is 3.15. The SMILES string of the molecule is CCCNC(=O)C[NH+](C)CC(=O)Nc1ccc(Cl)c(C(F)(F)F)c1. The van der Waals surface area contributed by atoms with Crippen LogP contribution in [0.3, 0.4) is 0 Å². The molecule has 1 aromatic carbocycles. The summed E-state index contributed by atoms with van der Waals surface area (Å²) < 4.78 is 38.3. The summed E-state index contributed by atoms with van der Waals surface area (Å²) in [6.45, 7) is 2.53. The second-order valence-corrected chi connectivity index (χ2v) is 5.81. The number of halogens is 4. The zero-order valence-electron chi connectivity index (χ0n) is 13.4. The molecule has 0 saturated carbocycles. The zero-order valence-corrected chi connectivity index (χ0v) is 14.1. The number of hydrogen-bond donors (Lipinski definition) is 3. The summed E-state index contributed by atoms with van der Waals surface area (Å²) in [5, 5.41) is 4.63. The van der Waals surface area contributed by atoms with Crippen molar-refractivity contribution in [3.8, 4) is 0 Å². The van der Waals surface area contributed by atoms with E-state index in [1.54, 1.807) is 7.05 Å². The number of benzene rings is 1. The van der Waals surface area contributed by atoms with Gasteiger partial charge in [0.2, 0.25) is 0 Å². The van der Waals surface area contributed by atoms with E-state index >= 15 is 0 Å². The second kappa shape index (κ2) is 8.89. The van der Waals surface area contributed by atoms with Crippen molar-refractivity contribution < 1.29 is 27.7 Å². The van der Waals surface area contributed by atoms with Gasteiger partial charge in [-0.1, -0.05) is 18.5 Å². The molecular weight excluding hydrogens is 347 g/mol. The predicted molar refractivity (Wildman–Crippen MR) is 85.0 cm³/mol. The third kappa shape index (κ3) is 6.76. The Labute approximate surface area is 143 Å². The Morgan fingerprint density at radius 1 is 1.21 bits per heavy atom. The summed E-state index contributed by atoms with van der Waals surface area (Å²) in [4.78, 5) is 24.0. The fourth-order valence-electron chi connectivity index (χ4n) is 1.96. The normalized spacial score (nSPS) is 12.6. The van der Waals surface area contributed by atoms with Crippen molar-refractivity contribution in [1.29, 1.82) is 0 Å². The van der Waals surface area contributed by atoms with Crippen LogP contribution in [0.5, 0.6) is 0 Å². The molecule has 1 aromatic rings. The largest absolute Gasteiger partial charge is 0.417 e. The molecule has 0 spiro atoms. The topological polar surface area (TPSA) is 62.6 Å². The fourth-order valence-corrected chi connectivity index (χ4v) is 2.19. The van der Waals surface area contributed by atoms with Crippen molar-refractivity contribution in [3.05, 3.63) is 28.8 Å². The Morgan fingerprint density at radius 3 is 2.42 bits per heavy atom. The van der Waals surface area contributed by atoms with E-state index in [4.69, 9.17) is 11.6 Å². The summed E-state index contributed by atoms with van der Waals surface area (Å²) in [5.74, 6) is -0.681. The highest BCUT2D eigenvalue weighted by Crippen LogP contribution is 2.36. The fraction of sp³-hybridized carbons (Fsp3) is 0.467. The number of carbonyl (C=O) groups is 2. The van der Waals surface area contributed by atoms with E-state index in [0.717, 1.165) is 18.6 Å². The van der Waals surface area contributed by atoms with Gasteiger partial charge < -0.3 is 15.5 Å².